The van der Waals surface area contributed by atoms with E-state index in [1.807, 2.05) is 0 Å². The lowest BCUT2D eigenvalue weighted by Crippen LogP contribution is -2.28. The van der Waals surface area contributed by atoms with Crippen molar-refractivity contribution >= 4 is 29.2 Å². The molecule has 3 rings (SSSR count). The highest BCUT2D eigenvalue weighted by Gasteiger charge is 2.36. The Labute approximate surface area is 168 Å². The summed E-state index contributed by atoms with van der Waals surface area (Å²) >= 11 is 0. The van der Waals surface area contributed by atoms with Crippen molar-refractivity contribution in [1.82, 2.24) is 0 Å². The van der Waals surface area contributed by atoms with E-state index >= 15 is 0 Å². The average Bonchev–Trinajstić information content (AvgIpc) is 3.10. The van der Waals surface area contributed by atoms with Gasteiger partial charge in [-0.05, 0) is 36.8 Å². The molecule has 0 saturated carbocycles. The van der Waals surface area contributed by atoms with Crippen LogP contribution in [-0.2, 0) is 9.59 Å². The number of benzene rings is 2. The van der Waals surface area contributed by atoms with E-state index in [0.29, 0.717) is 22.9 Å². The van der Waals surface area contributed by atoms with Gasteiger partial charge in [0.1, 0.15) is 11.5 Å². The monoisotopic (exact) mass is 398 g/mol. The lowest BCUT2D eigenvalue weighted by atomic mass is 10.1. The number of anilines is 2. The van der Waals surface area contributed by atoms with Crippen molar-refractivity contribution < 1.29 is 29.0 Å². The van der Waals surface area contributed by atoms with Crippen LogP contribution in [0.3, 0.4) is 0 Å². The normalized spacial score (nSPS) is 15.9. The van der Waals surface area contributed by atoms with Crippen molar-refractivity contribution in [2.75, 3.05) is 31.0 Å². The van der Waals surface area contributed by atoms with Crippen LogP contribution < -0.4 is 19.7 Å². The fourth-order valence-corrected chi connectivity index (χ4v) is 3.25. The van der Waals surface area contributed by atoms with E-state index in [1.54, 1.807) is 31.2 Å². The highest BCUT2D eigenvalue weighted by atomic mass is 16.5. The summed E-state index contributed by atoms with van der Waals surface area (Å²) in [6.45, 7) is 1.97. The van der Waals surface area contributed by atoms with Crippen molar-refractivity contribution in [1.29, 1.82) is 0 Å². The molecule has 0 spiro atoms. The minimum absolute atomic E-state index is 0.0543. The lowest BCUT2D eigenvalue weighted by Gasteiger charge is -2.20. The molecular weight excluding hydrogens is 376 g/mol. The van der Waals surface area contributed by atoms with E-state index in [0.717, 1.165) is 5.56 Å². The van der Waals surface area contributed by atoms with Gasteiger partial charge in [0.25, 0.3) is 0 Å². The van der Waals surface area contributed by atoms with Gasteiger partial charge in [-0.15, -0.1) is 0 Å². The van der Waals surface area contributed by atoms with Crippen molar-refractivity contribution in [3.05, 3.63) is 47.5 Å². The van der Waals surface area contributed by atoms with Crippen LogP contribution >= 0.6 is 0 Å². The van der Waals surface area contributed by atoms with Gasteiger partial charge >= 0.3 is 5.97 Å². The maximum Gasteiger partial charge on any atom is 0.335 e. The number of carbonyl (C=O) groups excluding carboxylic acids is 2. The predicted octanol–water partition coefficient (Wildman–Crippen LogP) is 2.70. The highest BCUT2D eigenvalue weighted by molar-refractivity contribution is 6.04. The number of aryl methyl sites for hydroxylation is 1. The number of carboxylic acid groups (broad SMARTS) is 1. The van der Waals surface area contributed by atoms with Gasteiger partial charge in [0.2, 0.25) is 11.8 Å². The first-order valence-electron chi connectivity index (χ1n) is 9.01. The summed E-state index contributed by atoms with van der Waals surface area (Å²) in [5, 5.41) is 11.9. The first-order valence-corrected chi connectivity index (χ1v) is 9.01. The van der Waals surface area contributed by atoms with Gasteiger partial charge in [-0.25, -0.2) is 4.79 Å². The van der Waals surface area contributed by atoms with Crippen LogP contribution in [0.5, 0.6) is 11.5 Å². The summed E-state index contributed by atoms with van der Waals surface area (Å²) in [6.07, 6.45) is 0.0543. The summed E-state index contributed by atoms with van der Waals surface area (Å²) in [5.41, 5.74) is 1.81. The van der Waals surface area contributed by atoms with Crippen LogP contribution in [0.15, 0.2) is 36.4 Å². The number of aromatic carboxylic acids is 1. The summed E-state index contributed by atoms with van der Waals surface area (Å²) in [6, 6.07) is 9.64. The molecule has 1 aliphatic heterocycles. The first-order chi connectivity index (χ1) is 13.8. The molecule has 152 valence electrons. The second kappa shape index (κ2) is 8.22. The Balaban J connectivity index is 1.78. The van der Waals surface area contributed by atoms with Crippen LogP contribution in [0, 0.1) is 12.8 Å². The summed E-state index contributed by atoms with van der Waals surface area (Å²) in [7, 11) is 3.04. The van der Waals surface area contributed by atoms with Crippen LogP contribution in [-0.4, -0.2) is 43.7 Å². The second-order valence-electron chi connectivity index (χ2n) is 6.77. The second-order valence-corrected chi connectivity index (χ2v) is 6.77. The van der Waals surface area contributed by atoms with E-state index in [9.17, 15) is 14.4 Å². The van der Waals surface area contributed by atoms with Gasteiger partial charge in [0.15, 0.2) is 0 Å². The Kier molecular flexibility index (Phi) is 5.72. The SMILES string of the molecule is COc1ccc(N2CC(C(=O)Nc3cc(C(=O)O)ccc3C)CC2=O)c(OC)c1. The maximum absolute atomic E-state index is 12.7. The maximum atomic E-state index is 12.7. The molecule has 1 fully saturated rings. The van der Waals surface area contributed by atoms with E-state index in [4.69, 9.17) is 14.6 Å². The molecule has 2 N–H and O–H groups in total. The molecule has 2 aromatic carbocycles. The molecule has 1 heterocycles. The molecule has 2 aromatic rings. The number of nitrogens with one attached hydrogen (secondary N) is 1. The van der Waals surface area contributed by atoms with Gasteiger partial charge < -0.3 is 24.8 Å². The predicted molar refractivity (Wildman–Crippen MR) is 107 cm³/mol. The third-order valence-electron chi connectivity index (χ3n) is 4.92. The molecule has 1 saturated heterocycles. The molecule has 0 bridgehead atoms. The third kappa shape index (κ3) is 4.16. The van der Waals surface area contributed by atoms with E-state index in [1.165, 1.54) is 31.3 Å². The minimum atomic E-state index is -1.07. The zero-order chi connectivity index (χ0) is 21.1. The topological polar surface area (TPSA) is 105 Å². The van der Waals surface area contributed by atoms with Gasteiger partial charge in [-0.1, -0.05) is 6.07 Å². The Hall–Kier alpha value is -3.55. The van der Waals surface area contributed by atoms with Crippen LogP contribution in [0.2, 0.25) is 0 Å². The number of rotatable bonds is 6. The Morgan fingerprint density at radius 2 is 1.90 bits per heavy atom. The van der Waals surface area contributed by atoms with Crippen LogP contribution in [0.1, 0.15) is 22.3 Å². The van der Waals surface area contributed by atoms with Crippen molar-refractivity contribution in [3.8, 4) is 11.5 Å². The smallest absolute Gasteiger partial charge is 0.335 e. The molecule has 0 radical (unpaired) electrons. The number of methoxy groups -OCH3 is 2. The van der Waals surface area contributed by atoms with Crippen molar-refractivity contribution in [2.24, 2.45) is 5.92 Å². The van der Waals surface area contributed by atoms with Crippen molar-refractivity contribution in [2.45, 2.75) is 13.3 Å². The Morgan fingerprint density at radius 1 is 1.14 bits per heavy atom. The van der Waals surface area contributed by atoms with Gasteiger partial charge in [-0.2, -0.15) is 0 Å². The summed E-state index contributed by atoms with van der Waals surface area (Å²) in [5.74, 6) is -1.09. The lowest BCUT2D eigenvalue weighted by molar-refractivity contribution is -0.122. The standard InChI is InChI=1S/C21H22N2O6/c1-12-4-5-13(21(26)27)8-16(12)22-20(25)14-9-19(24)23(11-14)17-7-6-15(28-2)10-18(17)29-3/h4-8,10,14H,9,11H2,1-3H3,(H,22,25)(H,26,27). The Bertz CT molecular complexity index is 972. The zero-order valence-electron chi connectivity index (χ0n) is 16.4. The zero-order valence-corrected chi connectivity index (χ0v) is 16.4. The van der Waals surface area contributed by atoms with E-state index in [2.05, 4.69) is 5.32 Å². The average molecular weight is 398 g/mol. The molecule has 0 aliphatic carbocycles. The number of ether oxygens (including phenoxy) is 2. The number of hydrogen-bond donors (Lipinski definition) is 2. The summed E-state index contributed by atoms with van der Waals surface area (Å²) in [4.78, 5) is 38.0. The first kappa shape index (κ1) is 20.2. The molecule has 8 heteroatoms. The molecule has 0 aromatic heterocycles. The van der Waals surface area contributed by atoms with Gasteiger partial charge in [0.05, 0.1) is 31.4 Å². The fourth-order valence-electron chi connectivity index (χ4n) is 3.25. The Morgan fingerprint density at radius 3 is 2.55 bits per heavy atom. The quantitative estimate of drug-likeness (QED) is 0.775. The van der Waals surface area contributed by atoms with Gasteiger partial charge in [0, 0.05) is 24.7 Å². The van der Waals surface area contributed by atoms with Crippen LogP contribution in [0.4, 0.5) is 11.4 Å². The molecule has 29 heavy (non-hydrogen) atoms. The molecule has 1 unspecified atom stereocenters. The summed E-state index contributed by atoms with van der Waals surface area (Å²) < 4.78 is 10.5. The molecule has 8 nitrogen and oxygen atoms in total. The van der Waals surface area contributed by atoms with E-state index in [-0.39, 0.29) is 30.3 Å². The minimum Gasteiger partial charge on any atom is -0.497 e. The number of carboxylic acids is 1. The largest absolute Gasteiger partial charge is 0.497 e. The van der Waals surface area contributed by atoms with E-state index < -0.39 is 11.9 Å². The van der Waals surface area contributed by atoms with Crippen LogP contribution in [0.25, 0.3) is 0 Å². The number of nitrogens with zero attached hydrogens (tertiary/aromatic N) is 1. The molecule has 2 amide bonds. The number of carbonyl (C=O) groups is 3. The third-order valence-corrected chi connectivity index (χ3v) is 4.92. The number of hydrogen-bond acceptors (Lipinski definition) is 5. The molecular formula is C21H22N2O6. The van der Waals surface area contributed by atoms with Gasteiger partial charge in [-0.3, -0.25) is 9.59 Å². The molecule has 1 aliphatic rings. The molecule has 1 atom stereocenters. The van der Waals surface area contributed by atoms with Crippen molar-refractivity contribution in [3.63, 3.8) is 0 Å². The highest BCUT2D eigenvalue weighted by Crippen LogP contribution is 2.36. The fraction of sp³-hybridized carbons (Fsp3) is 0.286. The number of amides is 2.